The van der Waals surface area contributed by atoms with Crippen LogP contribution in [0.2, 0.25) is 0 Å². The first-order valence-electron chi connectivity index (χ1n) is 18.5. The molecule has 0 aliphatic heterocycles. The summed E-state index contributed by atoms with van der Waals surface area (Å²) in [7, 11) is 0. The number of ether oxygens (including phenoxy) is 3. The van der Waals surface area contributed by atoms with Gasteiger partial charge < -0.3 is 40.6 Å². The maximum atomic E-state index is 12.5. The largest absolute Gasteiger partial charge is 0.481 e. The average Bonchev–Trinajstić information content (AvgIpc) is 3.10. The maximum absolute atomic E-state index is 12.5. The van der Waals surface area contributed by atoms with Crippen molar-refractivity contribution < 1.29 is 43.3 Å². The number of carboxylic acid groups (broad SMARTS) is 1. The first-order chi connectivity index (χ1) is 24.3. The number of hydrogen-bond donors (Lipinski definition) is 5. The van der Waals surface area contributed by atoms with Crippen LogP contribution in [0.3, 0.4) is 0 Å². The van der Waals surface area contributed by atoms with E-state index in [1.54, 1.807) is 0 Å². The Labute approximate surface area is 316 Å². The Morgan fingerprint density at radius 2 is 0.900 bits per heavy atom. The molecule has 0 aromatic heterocycles. The number of unbranched alkanes of at least 4 members (excludes halogenated alkanes) is 13. The first kappa shape index (κ1) is 48.2. The third-order valence-electron chi connectivity index (χ3n) is 7.79. The van der Waals surface area contributed by atoms with Crippen LogP contribution in [-0.2, 0) is 38.2 Å². The molecular formula is C35H64Br2N4O9. The summed E-state index contributed by atoms with van der Waals surface area (Å²) in [5.41, 5.74) is 0. The SMILES string of the molecule is O=C(O)CCCCCCCCCCCCCCCCC(=O)NCCOCCOCCOCCNC(=O)C(CCCNC(=O)CBr)NC(=O)CBr. The molecule has 0 aliphatic rings. The summed E-state index contributed by atoms with van der Waals surface area (Å²) in [6.07, 6.45) is 18.1. The molecule has 13 nitrogen and oxygen atoms in total. The number of rotatable bonds is 37. The molecule has 0 aliphatic carbocycles. The zero-order chi connectivity index (χ0) is 36.9. The molecule has 0 heterocycles. The fourth-order valence-corrected chi connectivity index (χ4v) is 5.39. The summed E-state index contributed by atoms with van der Waals surface area (Å²) in [5, 5.41) is 20.0. The lowest BCUT2D eigenvalue weighted by molar-refractivity contribution is -0.137. The third kappa shape index (κ3) is 34.6. The van der Waals surface area contributed by atoms with Gasteiger partial charge in [0.25, 0.3) is 0 Å². The molecule has 292 valence electrons. The molecule has 50 heavy (non-hydrogen) atoms. The molecule has 0 aromatic rings. The summed E-state index contributed by atoms with van der Waals surface area (Å²) in [4.78, 5) is 58.1. The molecule has 0 aromatic carbocycles. The molecule has 5 N–H and O–H groups in total. The van der Waals surface area contributed by atoms with Crippen LogP contribution in [-0.4, -0.2) is 111 Å². The van der Waals surface area contributed by atoms with Gasteiger partial charge in [0.05, 0.1) is 50.3 Å². The van der Waals surface area contributed by atoms with E-state index in [9.17, 15) is 24.0 Å². The van der Waals surface area contributed by atoms with Gasteiger partial charge in [0.1, 0.15) is 6.04 Å². The fourth-order valence-electron chi connectivity index (χ4n) is 5.03. The lowest BCUT2D eigenvalue weighted by Gasteiger charge is -2.18. The summed E-state index contributed by atoms with van der Waals surface area (Å²) >= 11 is 6.16. The number of aliphatic carboxylic acids is 1. The van der Waals surface area contributed by atoms with E-state index >= 15 is 0 Å². The fraction of sp³-hybridized carbons (Fsp3) is 0.857. The molecule has 0 saturated carbocycles. The predicted molar refractivity (Wildman–Crippen MR) is 202 cm³/mol. The zero-order valence-electron chi connectivity index (χ0n) is 30.1. The van der Waals surface area contributed by atoms with E-state index in [4.69, 9.17) is 19.3 Å². The Morgan fingerprint density at radius 3 is 1.38 bits per heavy atom. The van der Waals surface area contributed by atoms with E-state index in [-0.39, 0.29) is 40.8 Å². The van der Waals surface area contributed by atoms with Crippen molar-refractivity contribution in [1.29, 1.82) is 0 Å². The molecule has 0 radical (unpaired) electrons. The molecule has 1 unspecified atom stereocenters. The zero-order valence-corrected chi connectivity index (χ0v) is 33.2. The molecule has 4 amide bonds. The van der Waals surface area contributed by atoms with E-state index in [1.165, 1.54) is 57.8 Å². The second-order valence-electron chi connectivity index (χ2n) is 12.2. The van der Waals surface area contributed by atoms with Gasteiger partial charge in [-0.3, -0.25) is 24.0 Å². The minimum atomic E-state index is -0.697. The van der Waals surface area contributed by atoms with Gasteiger partial charge in [0, 0.05) is 32.5 Å². The van der Waals surface area contributed by atoms with Crippen molar-refractivity contribution in [3.63, 3.8) is 0 Å². The van der Waals surface area contributed by atoms with Crippen molar-refractivity contribution in [2.24, 2.45) is 0 Å². The third-order valence-corrected chi connectivity index (χ3v) is 8.81. The smallest absolute Gasteiger partial charge is 0.303 e. The van der Waals surface area contributed by atoms with Crippen LogP contribution in [0.1, 0.15) is 116 Å². The van der Waals surface area contributed by atoms with Gasteiger partial charge in [0.2, 0.25) is 23.6 Å². The number of amides is 4. The number of halogens is 2. The van der Waals surface area contributed by atoms with E-state index in [1.807, 2.05) is 0 Å². The van der Waals surface area contributed by atoms with E-state index in [2.05, 4.69) is 53.1 Å². The van der Waals surface area contributed by atoms with Crippen LogP contribution < -0.4 is 21.3 Å². The lowest BCUT2D eigenvalue weighted by Crippen LogP contribution is -2.48. The van der Waals surface area contributed by atoms with Gasteiger partial charge in [-0.2, -0.15) is 0 Å². The Kier molecular flexibility index (Phi) is 35.6. The summed E-state index contributed by atoms with van der Waals surface area (Å²) in [5.74, 6) is -1.36. The van der Waals surface area contributed by atoms with Crippen molar-refractivity contribution in [2.75, 3.05) is 69.9 Å². The minimum Gasteiger partial charge on any atom is -0.481 e. The second kappa shape index (κ2) is 37.0. The number of carbonyl (C=O) groups excluding carboxylic acids is 4. The molecular weight excluding hydrogens is 780 g/mol. The Bertz CT molecular complexity index is 887. The van der Waals surface area contributed by atoms with Crippen LogP contribution in [0.5, 0.6) is 0 Å². The number of alkyl halides is 2. The Balaban J connectivity index is 3.51. The van der Waals surface area contributed by atoms with Crippen LogP contribution in [0, 0.1) is 0 Å². The van der Waals surface area contributed by atoms with E-state index in [0.29, 0.717) is 78.4 Å². The molecule has 1 atom stereocenters. The van der Waals surface area contributed by atoms with Crippen molar-refractivity contribution in [3.05, 3.63) is 0 Å². The molecule has 0 bridgehead atoms. The monoisotopic (exact) mass is 842 g/mol. The quantitative estimate of drug-likeness (QED) is 0.0435. The van der Waals surface area contributed by atoms with Crippen molar-refractivity contribution in [2.45, 2.75) is 122 Å². The highest BCUT2D eigenvalue weighted by atomic mass is 79.9. The Hall–Kier alpha value is -1.81. The molecule has 0 fully saturated rings. The summed E-state index contributed by atoms with van der Waals surface area (Å²) < 4.78 is 16.5. The highest BCUT2D eigenvalue weighted by molar-refractivity contribution is 9.09. The average molecular weight is 845 g/mol. The Morgan fingerprint density at radius 1 is 0.480 bits per heavy atom. The standard InChI is InChI=1S/C35H64Br2N4O9/c36-28-32(43)38-19-15-16-30(41-33(44)29-37)35(47)40-21-23-49-25-27-50-26-24-48-22-20-39-31(42)17-13-11-9-7-5-3-1-2-4-6-8-10-12-14-18-34(45)46/h30H,1-29H2,(H,38,43)(H,39,42)(H,40,47)(H,41,44)(H,45,46). The van der Waals surface area contributed by atoms with Crippen molar-refractivity contribution >= 4 is 61.5 Å². The van der Waals surface area contributed by atoms with Gasteiger partial charge in [-0.1, -0.05) is 109 Å². The van der Waals surface area contributed by atoms with Gasteiger partial charge in [-0.15, -0.1) is 0 Å². The van der Waals surface area contributed by atoms with Crippen molar-refractivity contribution in [3.8, 4) is 0 Å². The van der Waals surface area contributed by atoms with Gasteiger partial charge in [-0.25, -0.2) is 0 Å². The van der Waals surface area contributed by atoms with E-state index in [0.717, 1.165) is 32.1 Å². The van der Waals surface area contributed by atoms with E-state index < -0.39 is 12.0 Å². The molecule has 0 rings (SSSR count). The topological polar surface area (TPSA) is 181 Å². The summed E-state index contributed by atoms with van der Waals surface area (Å²) in [6.45, 7) is 3.50. The number of carbonyl (C=O) groups is 5. The normalized spacial score (nSPS) is 11.6. The first-order valence-corrected chi connectivity index (χ1v) is 20.7. The lowest BCUT2D eigenvalue weighted by atomic mass is 10.0. The highest BCUT2D eigenvalue weighted by Crippen LogP contribution is 2.13. The highest BCUT2D eigenvalue weighted by Gasteiger charge is 2.19. The number of hydrogen-bond acceptors (Lipinski definition) is 8. The van der Waals surface area contributed by atoms with Crippen LogP contribution >= 0.6 is 31.9 Å². The van der Waals surface area contributed by atoms with Gasteiger partial charge >= 0.3 is 5.97 Å². The van der Waals surface area contributed by atoms with Gasteiger partial charge in [-0.05, 0) is 25.7 Å². The molecule has 0 spiro atoms. The summed E-state index contributed by atoms with van der Waals surface area (Å²) in [6, 6.07) is -0.697. The second-order valence-corrected chi connectivity index (χ2v) is 13.3. The van der Waals surface area contributed by atoms with Gasteiger partial charge in [0.15, 0.2) is 0 Å². The van der Waals surface area contributed by atoms with Crippen LogP contribution in [0.15, 0.2) is 0 Å². The van der Waals surface area contributed by atoms with Crippen molar-refractivity contribution in [1.82, 2.24) is 21.3 Å². The van der Waals surface area contributed by atoms with Crippen LogP contribution in [0.4, 0.5) is 0 Å². The maximum Gasteiger partial charge on any atom is 0.303 e. The molecule has 0 saturated heterocycles. The predicted octanol–water partition coefficient (Wildman–Crippen LogP) is 4.77. The molecule has 15 heteroatoms. The minimum absolute atomic E-state index is 0.0650. The number of nitrogens with one attached hydrogen (secondary N) is 4. The van der Waals surface area contributed by atoms with Crippen LogP contribution in [0.25, 0.3) is 0 Å². The number of carboxylic acids is 1.